The number of rotatable bonds is 0. The summed E-state index contributed by atoms with van der Waals surface area (Å²) in [5.74, 6) is 1.27. The van der Waals surface area contributed by atoms with Gasteiger partial charge in [-0.15, -0.1) is 0 Å². The van der Waals surface area contributed by atoms with E-state index in [9.17, 15) is 4.21 Å². The molecule has 3 rings (SSSR count). The van der Waals surface area contributed by atoms with Crippen LogP contribution in [-0.4, -0.2) is 17.4 Å². The van der Waals surface area contributed by atoms with Crippen LogP contribution in [0.2, 0.25) is 0 Å². The molecule has 2 aromatic rings. The minimum absolute atomic E-state index is 0.211. The highest BCUT2D eigenvalue weighted by atomic mass is 32.2. The molecule has 1 heterocycles. The van der Waals surface area contributed by atoms with Gasteiger partial charge in [0.05, 0.1) is 0 Å². The van der Waals surface area contributed by atoms with Gasteiger partial charge in [-0.3, -0.25) is 4.18 Å². The Balaban J connectivity index is 2.14. The summed E-state index contributed by atoms with van der Waals surface area (Å²) in [7, 11) is 0. The molecule has 0 N–H and O–H groups in total. The number of fused-ring (bicyclic) bond motifs is 3. The lowest BCUT2D eigenvalue weighted by Crippen LogP contribution is -2.13. The van der Waals surface area contributed by atoms with Gasteiger partial charge in [0.15, 0.2) is 5.75 Å². The van der Waals surface area contributed by atoms with E-state index in [1.807, 2.05) is 42.5 Å². The SMILES string of the molecule is O=S1OCCOc2ccccc2-c2ccccc2O1. The monoisotopic (exact) mass is 276 g/mol. The molecule has 0 saturated heterocycles. The first-order chi connectivity index (χ1) is 9.34. The Morgan fingerprint density at radius 3 is 2.26 bits per heavy atom. The van der Waals surface area contributed by atoms with Crippen LogP contribution in [0.5, 0.6) is 11.5 Å². The Morgan fingerprint density at radius 1 is 0.842 bits per heavy atom. The second-order valence-electron chi connectivity index (χ2n) is 3.95. The highest BCUT2D eigenvalue weighted by Crippen LogP contribution is 2.36. The minimum atomic E-state index is -1.81. The molecule has 0 spiro atoms. The second kappa shape index (κ2) is 5.42. The zero-order chi connectivity index (χ0) is 13.1. The Kier molecular flexibility index (Phi) is 3.48. The lowest BCUT2D eigenvalue weighted by molar-refractivity contribution is 0.218. The Hall–Kier alpha value is -1.85. The molecular weight excluding hydrogens is 264 g/mol. The van der Waals surface area contributed by atoms with Crippen molar-refractivity contribution in [2.24, 2.45) is 0 Å². The standard InChI is InChI=1S/C14H12O4S/c15-19-17-10-9-16-13-7-3-1-5-11(13)12-6-2-4-8-14(12)18-19/h1-8H,9-10H2. The molecule has 0 radical (unpaired) electrons. The quantitative estimate of drug-likeness (QED) is 0.742. The van der Waals surface area contributed by atoms with Gasteiger partial charge in [-0.25, -0.2) is 0 Å². The van der Waals surface area contributed by atoms with E-state index < -0.39 is 11.4 Å². The molecule has 0 fully saturated rings. The van der Waals surface area contributed by atoms with Crippen LogP contribution < -0.4 is 8.92 Å². The van der Waals surface area contributed by atoms with E-state index in [0.717, 1.165) is 16.9 Å². The van der Waals surface area contributed by atoms with Crippen molar-refractivity contribution in [2.45, 2.75) is 0 Å². The smallest absolute Gasteiger partial charge is 0.360 e. The first-order valence-corrected chi connectivity index (χ1v) is 6.89. The summed E-state index contributed by atoms with van der Waals surface area (Å²) < 4.78 is 27.6. The van der Waals surface area contributed by atoms with Crippen molar-refractivity contribution >= 4 is 11.4 Å². The van der Waals surface area contributed by atoms with Crippen LogP contribution in [-0.2, 0) is 15.5 Å². The lowest BCUT2D eigenvalue weighted by atomic mass is 10.0. The van der Waals surface area contributed by atoms with Crippen molar-refractivity contribution in [3.05, 3.63) is 48.5 Å². The summed E-state index contributed by atoms with van der Waals surface area (Å²) >= 11 is -1.81. The summed E-state index contributed by atoms with van der Waals surface area (Å²) in [6, 6.07) is 15.1. The van der Waals surface area contributed by atoms with Crippen LogP contribution >= 0.6 is 0 Å². The van der Waals surface area contributed by atoms with E-state index in [-0.39, 0.29) is 6.61 Å². The molecule has 19 heavy (non-hydrogen) atoms. The van der Waals surface area contributed by atoms with Crippen LogP contribution in [0.15, 0.2) is 48.5 Å². The predicted octanol–water partition coefficient (Wildman–Crippen LogP) is 2.72. The maximum Gasteiger partial charge on any atom is 0.360 e. The molecule has 0 saturated carbocycles. The fraction of sp³-hybridized carbons (Fsp3) is 0.143. The summed E-state index contributed by atoms with van der Waals surface area (Å²) in [4.78, 5) is 0. The molecule has 1 aliphatic rings. The molecule has 0 aromatic heterocycles. The van der Waals surface area contributed by atoms with Crippen LogP contribution in [0.4, 0.5) is 0 Å². The van der Waals surface area contributed by atoms with Crippen molar-refractivity contribution in [1.29, 1.82) is 0 Å². The fourth-order valence-corrected chi connectivity index (χ4v) is 2.47. The number of ether oxygens (including phenoxy) is 1. The van der Waals surface area contributed by atoms with Gasteiger partial charge in [0.2, 0.25) is 0 Å². The Bertz CT molecular complexity index is 612. The molecule has 0 amide bonds. The Morgan fingerprint density at radius 2 is 1.47 bits per heavy atom. The summed E-state index contributed by atoms with van der Waals surface area (Å²) in [5.41, 5.74) is 1.74. The van der Waals surface area contributed by atoms with E-state index in [2.05, 4.69) is 0 Å². The summed E-state index contributed by atoms with van der Waals surface area (Å²) in [6.07, 6.45) is 0. The molecule has 4 nitrogen and oxygen atoms in total. The molecule has 1 aliphatic heterocycles. The van der Waals surface area contributed by atoms with Crippen LogP contribution in [0.1, 0.15) is 0 Å². The van der Waals surface area contributed by atoms with E-state index in [1.54, 1.807) is 6.07 Å². The third kappa shape index (κ3) is 2.62. The maximum absolute atomic E-state index is 11.6. The van der Waals surface area contributed by atoms with Crippen LogP contribution in [0.25, 0.3) is 11.1 Å². The topological polar surface area (TPSA) is 44.8 Å². The summed E-state index contributed by atoms with van der Waals surface area (Å²) in [6.45, 7) is 0.539. The van der Waals surface area contributed by atoms with Gasteiger partial charge in [-0.05, 0) is 12.1 Å². The second-order valence-corrected chi connectivity index (χ2v) is 4.76. The lowest BCUT2D eigenvalue weighted by Gasteiger charge is -2.16. The highest BCUT2D eigenvalue weighted by molar-refractivity contribution is 7.75. The molecule has 1 unspecified atom stereocenters. The van der Waals surface area contributed by atoms with Crippen LogP contribution in [0.3, 0.4) is 0 Å². The molecule has 98 valence electrons. The zero-order valence-corrected chi connectivity index (χ0v) is 10.9. The third-order valence-electron chi connectivity index (χ3n) is 2.74. The largest absolute Gasteiger partial charge is 0.490 e. The molecule has 5 heteroatoms. The first-order valence-electron chi connectivity index (χ1n) is 5.89. The molecule has 0 bridgehead atoms. The fourth-order valence-electron chi connectivity index (χ4n) is 1.93. The van der Waals surface area contributed by atoms with Gasteiger partial charge >= 0.3 is 11.4 Å². The normalized spacial score (nSPS) is 18.4. The molecule has 0 aliphatic carbocycles. The van der Waals surface area contributed by atoms with E-state index >= 15 is 0 Å². The van der Waals surface area contributed by atoms with Crippen molar-refractivity contribution in [3.8, 4) is 22.6 Å². The highest BCUT2D eigenvalue weighted by Gasteiger charge is 2.15. The van der Waals surface area contributed by atoms with Gasteiger partial charge in [0.25, 0.3) is 0 Å². The average molecular weight is 276 g/mol. The van der Waals surface area contributed by atoms with Gasteiger partial charge in [0, 0.05) is 11.1 Å². The van der Waals surface area contributed by atoms with E-state index in [0.29, 0.717) is 12.4 Å². The molecular formula is C14H12O4S. The van der Waals surface area contributed by atoms with Crippen molar-refractivity contribution in [3.63, 3.8) is 0 Å². The Labute approximate surface area is 113 Å². The van der Waals surface area contributed by atoms with E-state index in [1.165, 1.54) is 0 Å². The predicted molar refractivity (Wildman–Crippen MR) is 72.1 cm³/mol. The minimum Gasteiger partial charge on any atom is -0.490 e. The maximum atomic E-state index is 11.6. The number of benzene rings is 2. The van der Waals surface area contributed by atoms with E-state index in [4.69, 9.17) is 13.1 Å². The molecule has 2 aromatic carbocycles. The first kappa shape index (κ1) is 12.2. The zero-order valence-electron chi connectivity index (χ0n) is 10.1. The van der Waals surface area contributed by atoms with Crippen molar-refractivity contribution < 1.29 is 17.3 Å². The van der Waals surface area contributed by atoms with Gasteiger partial charge in [-0.1, -0.05) is 36.4 Å². The van der Waals surface area contributed by atoms with Gasteiger partial charge < -0.3 is 8.92 Å². The van der Waals surface area contributed by atoms with Gasteiger partial charge in [-0.2, -0.15) is 4.21 Å². The van der Waals surface area contributed by atoms with Gasteiger partial charge in [0.1, 0.15) is 19.0 Å². The van der Waals surface area contributed by atoms with Crippen molar-refractivity contribution in [2.75, 3.05) is 13.2 Å². The molecule has 1 atom stereocenters. The number of hydrogen-bond acceptors (Lipinski definition) is 4. The number of hydrogen-bond donors (Lipinski definition) is 0. The number of para-hydroxylation sites is 2. The third-order valence-corrected chi connectivity index (χ3v) is 3.42. The summed E-state index contributed by atoms with van der Waals surface area (Å²) in [5, 5.41) is 0. The van der Waals surface area contributed by atoms with Crippen LogP contribution in [0, 0.1) is 0 Å². The van der Waals surface area contributed by atoms with Crippen molar-refractivity contribution in [1.82, 2.24) is 0 Å². The average Bonchev–Trinajstić information content (AvgIpc) is 2.45.